The first-order valence-corrected chi connectivity index (χ1v) is 6.68. The minimum absolute atomic E-state index is 0.122. The Bertz CT molecular complexity index is 527. The maximum absolute atomic E-state index is 5.96. The number of ether oxygens (including phenoxy) is 1. The minimum atomic E-state index is -0.122. The van der Waals surface area contributed by atoms with Crippen LogP contribution < -0.4 is 10.5 Å². The fraction of sp³-hybridized carbons (Fsp3) is 0.200. The molecule has 1 unspecified atom stereocenters. The largest absolute Gasteiger partial charge is 0.483 e. The molecule has 0 bridgehead atoms. The molecule has 0 spiro atoms. The maximum atomic E-state index is 5.96. The lowest BCUT2D eigenvalue weighted by molar-refractivity contribution is 0.213. The molecule has 2 aromatic carbocycles. The number of benzene rings is 2. The molecule has 0 aliphatic rings. The van der Waals surface area contributed by atoms with Crippen LogP contribution in [0.4, 0.5) is 0 Å². The zero-order valence-electron chi connectivity index (χ0n) is 10.3. The summed E-state index contributed by atoms with van der Waals surface area (Å²) in [6.07, 6.45) is -0.122. The highest BCUT2D eigenvalue weighted by Gasteiger charge is 2.12. The lowest BCUT2D eigenvalue weighted by atomic mass is 10.1. The van der Waals surface area contributed by atoms with E-state index in [-0.39, 0.29) is 6.10 Å². The molecule has 0 aliphatic heterocycles. The van der Waals surface area contributed by atoms with Crippen molar-refractivity contribution in [1.29, 1.82) is 0 Å². The van der Waals surface area contributed by atoms with Crippen molar-refractivity contribution in [3.63, 3.8) is 0 Å². The average Bonchev–Trinajstić information content (AvgIpc) is 2.38. The molecule has 2 rings (SSSR count). The molecule has 3 heteroatoms. The van der Waals surface area contributed by atoms with Crippen LogP contribution in [0.2, 0.25) is 0 Å². The van der Waals surface area contributed by atoms with E-state index in [1.54, 1.807) is 0 Å². The SMILES string of the molecule is Cc1cccc(C(CN)Oc2ccccc2Br)c1. The summed E-state index contributed by atoms with van der Waals surface area (Å²) in [6.45, 7) is 2.51. The zero-order valence-corrected chi connectivity index (χ0v) is 11.9. The molecule has 0 radical (unpaired) electrons. The van der Waals surface area contributed by atoms with Crippen LogP contribution in [0.25, 0.3) is 0 Å². The normalized spacial score (nSPS) is 12.2. The first-order valence-electron chi connectivity index (χ1n) is 5.88. The Morgan fingerprint density at radius 1 is 1.17 bits per heavy atom. The Morgan fingerprint density at radius 3 is 2.61 bits per heavy atom. The molecule has 2 N–H and O–H groups in total. The van der Waals surface area contributed by atoms with Gasteiger partial charge in [-0.15, -0.1) is 0 Å². The van der Waals surface area contributed by atoms with Crippen molar-refractivity contribution < 1.29 is 4.74 Å². The predicted molar refractivity (Wildman–Crippen MR) is 77.7 cm³/mol. The number of halogens is 1. The molecule has 0 aliphatic carbocycles. The summed E-state index contributed by atoms with van der Waals surface area (Å²) >= 11 is 3.48. The number of rotatable bonds is 4. The lowest BCUT2D eigenvalue weighted by Gasteiger charge is -2.19. The molecule has 0 fully saturated rings. The second-order valence-electron chi connectivity index (χ2n) is 4.19. The van der Waals surface area contributed by atoms with Crippen molar-refractivity contribution in [2.75, 3.05) is 6.54 Å². The van der Waals surface area contributed by atoms with Gasteiger partial charge in [0.1, 0.15) is 11.9 Å². The molecule has 0 saturated heterocycles. The van der Waals surface area contributed by atoms with Gasteiger partial charge < -0.3 is 10.5 Å². The molecule has 0 aromatic heterocycles. The molecule has 94 valence electrons. The number of hydrogen-bond donors (Lipinski definition) is 1. The monoisotopic (exact) mass is 305 g/mol. The summed E-state index contributed by atoms with van der Waals surface area (Å²) in [4.78, 5) is 0. The topological polar surface area (TPSA) is 35.2 Å². The Hall–Kier alpha value is -1.32. The highest BCUT2D eigenvalue weighted by atomic mass is 79.9. The van der Waals surface area contributed by atoms with Gasteiger partial charge in [0.2, 0.25) is 0 Å². The summed E-state index contributed by atoms with van der Waals surface area (Å²) in [5.74, 6) is 0.814. The third kappa shape index (κ3) is 3.12. The van der Waals surface area contributed by atoms with Crippen LogP contribution in [0.3, 0.4) is 0 Å². The molecule has 0 heterocycles. The third-order valence-corrected chi connectivity index (χ3v) is 3.39. The fourth-order valence-corrected chi connectivity index (χ4v) is 2.19. The van der Waals surface area contributed by atoms with E-state index >= 15 is 0 Å². The Kier molecular flexibility index (Phi) is 4.39. The molecular formula is C15H16BrNO. The summed E-state index contributed by atoms with van der Waals surface area (Å²) in [5, 5.41) is 0. The summed E-state index contributed by atoms with van der Waals surface area (Å²) < 4.78 is 6.90. The van der Waals surface area contributed by atoms with Crippen LogP contribution in [-0.4, -0.2) is 6.54 Å². The summed E-state index contributed by atoms with van der Waals surface area (Å²) in [5.41, 5.74) is 8.13. The Labute approximate surface area is 116 Å². The van der Waals surface area contributed by atoms with E-state index in [1.165, 1.54) is 5.56 Å². The van der Waals surface area contributed by atoms with Gasteiger partial charge in [-0.25, -0.2) is 0 Å². The predicted octanol–water partition coefficient (Wildman–Crippen LogP) is 3.84. The van der Waals surface area contributed by atoms with Crippen molar-refractivity contribution in [3.8, 4) is 5.75 Å². The van der Waals surface area contributed by atoms with Crippen LogP contribution in [-0.2, 0) is 0 Å². The van der Waals surface area contributed by atoms with Crippen molar-refractivity contribution >= 4 is 15.9 Å². The molecule has 0 saturated carbocycles. The van der Waals surface area contributed by atoms with E-state index in [9.17, 15) is 0 Å². The van der Waals surface area contributed by atoms with Gasteiger partial charge in [-0.1, -0.05) is 42.0 Å². The highest BCUT2D eigenvalue weighted by Crippen LogP contribution is 2.28. The van der Waals surface area contributed by atoms with Crippen LogP contribution in [0.5, 0.6) is 5.75 Å². The van der Waals surface area contributed by atoms with E-state index in [0.29, 0.717) is 6.54 Å². The molecule has 0 amide bonds. The Morgan fingerprint density at radius 2 is 1.94 bits per heavy atom. The summed E-state index contributed by atoms with van der Waals surface area (Å²) in [6, 6.07) is 16.0. The van der Waals surface area contributed by atoms with Gasteiger partial charge in [-0.05, 0) is 40.5 Å². The van der Waals surface area contributed by atoms with Gasteiger partial charge in [-0.3, -0.25) is 0 Å². The first-order chi connectivity index (χ1) is 8.70. The van der Waals surface area contributed by atoms with Crippen molar-refractivity contribution in [1.82, 2.24) is 0 Å². The smallest absolute Gasteiger partial charge is 0.136 e. The molecule has 1 atom stereocenters. The van der Waals surface area contributed by atoms with Gasteiger partial charge >= 0.3 is 0 Å². The number of aryl methyl sites for hydroxylation is 1. The van der Waals surface area contributed by atoms with E-state index in [0.717, 1.165) is 15.8 Å². The van der Waals surface area contributed by atoms with Gasteiger partial charge in [0.15, 0.2) is 0 Å². The van der Waals surface area contributed by atoms with Crippen LogP contribution >= 0.6 is 15.9 Å². The molecular weight excluding hydrogens is 290 g/mol. The number of nitrogens with two attached hydrogens (primary N) is 1. The first kappa shape index (κ1) is 13.1. The van der Waals surface area contributed by atoms with Crippen molar-refractivity contribution in [3.05, 3.63) is 64.1 Å². The number of para-hydroxylation sites is 1. The third-order valence-electron chi connectivity index (χ3n) is 2.73. The summed E-state index contributed by atoms with van der Waals surface area (Å²) in [7, 11) is 0. The highest BCUT2D eigenvalue weighted by molar-refractivity contribution is 9.10. The van der Waals surface area contributed by atoms with Gasteiger partial charge in [0.05, 0.1) is 4.47 Å². The van der Waals surface area contributed by atoms with Crippen LogP contribution in [0, 0.1) is 6.92 Å². The Balaban J connectivity index is 2.23. The quantitative estimate of drug-likeness (QED) is 0.931. The van der Waals surface area contributed by atoms with E-state index in [2.05, 4.69) is 35.0 Å². The van der Waals surface area contributed by atoms with Gasteiger partial charge in [0, 0.05) is 6.54 Å². The maximum Gasteiger partial charge on any atom is 0.136 e. The molecule has 2 nitrogen and oxygen atoms in total. The number of hydrogen-bond acceptors (Lipinski definition) is 2. The van der Waals surface area contributed by atoms with E-state index in [1.807, 2.05) is 36.4 Å². The molecule has 18 heavy (non-hydrogen) atoms. The van der Waals surface area contributed by atoms with E-state index in [4.69, 9.17) is 10.5 Å². The van der Waals surface area contributed by atoms with Crippen LogP contribution in [0.15, 0.2) is 53.0 Å². The molecule has 2 aromatic rings. The van der Waals surface area contributed by atoms with Crippen LogP contribution in [0.1, 0.15) is 17.2 Å². The van der Waals surface area contributed by atoms with Gasteiger partial charge in [0.25, 0.3) is 0 Å². The average molecular weight is 306 g/mol. The van der Waals surface area contributed by atoms with Crippen molar-refractivity contribution in [2.24, 2.45) is 5.73 Å². The van der Waals surface area contributed by atoms with E-state index < -0.39 is 0 Å². The zero-order chi connectivity index (χ0) is 13.0. The van der Waals surface area contributed by atoms with Crippen molar-refractivity contribution in [2.45, 2.75) is 13.0 Å². The fourth-order valence-electron chi connectivity index (χ4n) is 1.82. The minimum Gasteiger partial charge on any atom is -0.483 e. The van der Waals surface area contributed by atoms with Gasteiger partial charge in [-0.2, -0.15) is 0 Å². The lowest BCUT2D eigenvalue weighted by Crippen LogP contribution is -2.18. The second kappa shape index (κ2) is 6.03. The standard InChI is InChI=1S/C15H16BrNO/c1-11-5-4-6-12(9-11)15(10-17)18-14-8-3-2-7-13(14)16/h2-9,15H,10,17H2,1H3. The second-order valence-corrected chi connectivity index (χ2v) is 5.04.